The van der Waals surface area contributed by atoms with Crippen molar-refractivity contribution in [3.05, 3.63) is 47.5 Å². The van der Waals surface area contributed by atoms with Crippen molar-refractivity contribution in [1.29, 1.82) is 0 Å². The van der Waals surface area contributed by atoms with Crippen LogP contribution in [0.25, 0.3) is 0 Å². The molecule has 2 aliphatic heterocycles. The van der Waals surface area contributed by atoms with Crippen LogP contribution in [0.5, 0.6) is 0 Å². The Morgan fingerprint density at radius 1 is 1.32 bits per heavy atom. The van der Waals surface area contributed by atoms with Crippen molar-refractivity contribution in [3.63, 3.8) is 0 Å². The first-order chi connectivity index (χ1) is 13.6. The maximum absolute atomic E-state index is 13.3. The maximum Gasteiger partial charge on any atom is 0.276 e. The quantitative estimate of drug-likeness (QED) is 0.828. The molecule has 1 aromatic heterocycles. The van der Waals surface area contributed by atoms with Gasteiger partial charge in [0.2, 0.25) is 5.91 Å². The third kappa shape index (κ3) is 4.04. The lowest BCUT2D eigenvalue weighted by Crippen LogP contribution is -2.57. The Morgan fingerprint density at radius 2 is 2.21 bits per heavy atom. The van der Waals surface area contributed by atoms with Crippen LogP contribution in [0.2, 0.25) is 0 Å². The molecular weight excluding hydrogens is 363 g/mol. The second-order valence-corrected chi connectivity index (χ2v) is 7.24. The lowest BCUT2D eigenvalue weighted by molar-refractivity contribution is -0.135. The van der Waals surface area contributed by atoms with Gasteiger partial charge in [0.1, 0.15) is 5.82 Å². The van der Waals surface area contributed by atoms with Crippen molar-refractivity contribution in [2.24, 2.45) is 0 Å². The third-order valence-corrected chi connectivity index (χ3v) is 5.24. The molecule has 2 aliphatic rings. The molecule has 0 aliphatic carbocycles. The molecule has 4 rings (SSSR count). The molecule has 28 heavy (non-hydrogen) atoms. The van der Waals surface area contributed by atoms with Gasteiger partial charge in [-0.25, -0.2) is 9.07 Å². The molecule has 2 aromatic rings. The van der Waals surface area contributed by atoms with E-state index in [4.69, 9.17) is 0 Å². The number of hydrogen-bond donors (Lipinski definition) is 1. The van der Waals surface area contributed by atoms with Crippen LogP contribution < -0.4 is 5.32 Å². The van der Waals surface area contributed by atoms with E-state index in [1.165, 1.54) is 16.8 Å². The summed E-state index contributed by atoms with van der Waals surface area (Å²) in [4.78, 5) is 28.6. The summed E-state index contributed by atoms with van der Waals surface area (Å²) in [6.07, 6.45) is 3.35. The highest BCUT2D eigenvalue weighted by Crippen LogP contribution is 2.18. The minimum atomic E-state index is -0.310. The van der Waals surface area contributed by atoms with E-state index < -0.39 is 0 Å². The summed E-state index contributed by atoms with van der Waals surface area (Å²) < 4.78 is 14.9. The van der Waals surface area contributed by atoms with E-state index in [-0.39, 0.29) is 29.4 Å². The molecule has 1 unspecified atom stereocenters. The molecule has 1 atom stereocenters. The molecule has 3 heterocycles. The van der Waals surface area contributed by atoms with E-state index >= 15 is 0 Å². The molecule has 0 spiro atoms. The van der Waals surface area contributed by atoms with Crippen LogP contribution in [0.3, 0.4) is 0 Å². The van der Waals surface area contributed by atoms with Gasteiger partial charge in [-0.15, -0.1) is 5.10 Å². The van der Waals surface area contributed by atoms with Gasteiger partial charge in [-0.05, 0) is 30.5 Å². The molecule has 2 amide bonds. The minimum Gasteiger partial charge on any atom is -0.336 e. The monoisotopic (exact) mass is 386 g/mol. The van der Waals surface area contributed by atoms with Gasteiger partial charge in [-0.1, -0.05) is 17.3 Å². The Bertz CT molecular complexity index is 870. The fraction of sp³-hybridized carbons (Fsp3) is 0.474. The van der Waals surface area contributed by atoms with Crippen LogP contribution in [0.4, 0.5) is 4.39 Å². The molecule has 8 nitrogen and oxygen atoms in total. The Labute approximate surface area is 162 Å². The molecule has 0 bridgehead atoms. The number of nitrogens with one attached hydrogen (secondary N) is 1. The molecule has 1 N–H and O–H groups in total. The number of rotatable bonds is 4. The Hall–Kier alpha value is -2.81. The Kier molecular flexibility index (Phi) is 5.34. The number of amides is 2. The van der Waals surface area contributed by atoms with E-state index in [9.17, 15) is 14.0 Å². The van der Waals surface area contributed by atoms with E-state index in [0.717, 1.165) is 24.9 Å². The van der Waals surface area contributed by atoms with Crippen molar-refractivity contribution in [3.8, 4) is 0 Å². The van der Waals surface area contributed by atoms with Gasteiger partial charge in [-0.2, -0.15) is 0 Å². The van der Waals surface area contributed by atoms with Crippen LogP contribution in [0.1, 0.15) is 28.9 Å². The summed E-state index contributed by atoms with van der Waals surface area (Å²) in [7, 11) is 0. The lowest BCUT2D eigenvalue weighted by atomic mass is 10.0. The first kappa shape index (κ1) is 18.5. The molecule has 1 aromatic carbocycles. The second-order valence-electron chi connectivity index (χ2n) is 7.24. The highest BCUT2D eigenvalue weighted by Gasteiger charge is 2.32. The highest BCUT2D eigenvalue weighted by atomic mass is 19.1. The standard InChI is InChI=1S/C19H23FN6O2/c20-15-4-1-3-14(9-15)11-25-13-17(22-23-25)19(28)24-7-2-5-16(12-24)26-8-6-21-10-18(26)27/h1,3-4,9,13,16,21H,2,5-8,10-12H2. The first-order valence-electron chi connectivity index (χ1n) is 9.54. The molecule has 0 radical (unpaired) electrons. The minimum absolute atomic E-state index is 0.0506. The van der Waals surface area contributed by atoms with Gasteiger partial charge in [0.15, 0.2) is 5.69 Å². The van der Waals surface area contributed by atoms with Gasteiger partial charge in [0.25, 0.3) is 5.91 Å². The number of carbonyl (C=O) groups excluding carboxylic acids is 2. The normalized spacial score (nSPS) is 20.5. The summed E-state index contributed by atoms with van der Waals surface area (Å²) in [6.45, 7) is 3.32. The van der Waals surface area contributed by atoms with Crippen LogP contribution in [0.15, 0.2) is 30.5 Å². The predicted octanol–water partition coefficient (Wildman–Crippen LogP) is 0.502. The summed E-state index contributed by atoms with van der Waals surface area (Å²) in [6, 6.07) is 6.30. The molecule has 9 heteroatoms. The largest absolute Gasteiger partial charge is 0.336 e. The SMILES string of the molecule is O=C(c1cn(Cc2cccc(F)c2)nn1)N1CCCC(N2CCNCC2=O)C1. The zero-order chi connectivity index (χ0) is 19.5. The zero-order valence-electron chi connectivity index (χ0n) is 15.6. The number of halogens is 1. The summed E-state index contributed by atoms with van der Waals surface area (Å²) >= 11 is 0. The van der Waals surface area contributed by atoms with Gasteiger partial charge in [0, 0.05) is 32.2 Å². The predicted molar refractivity (Wildman–Crippen MR) is 99.0 cm³/mol. The Balaban J connectivity index is 1.41. The van der Waals surface area contributed by atoms with Gasteiger partial charge in [0.05, 0.1) is 19.3 Å². The van der Waals surface area contributed by atoms with Crippen molar-refractivity contribution >= 4 is 11.8 Å². The number of carbonyl (C=O) groups is 2. The van der Waals surface area contributed by atoms with Gasteiger partial charge in [-0.3, -0.25) is 9.59 Å². The number of hydrogen-bond acceptors (Lipinski definition) is 5. The van der Waals surface area contributed by atoms with Crippen LogP contribution in [-0.2, 0) is 11.3 Å². The van der Waals surface area contributed by atoms with Gasteiger partial charge >= 0.3 is 0 Å². The number of benzene rings is 1. The Morgan fingerprint density at radius 3 is 3.04 bits per heavy atom. The first-order valence-corrected chi connectivity index (χ1v) is 9.54. The smallest absolute Gasteiger partial charge is 0.276 e. The van der Waals surface area contributed by atoms with Crippen molar-refractivity contribution < 1.29 is 14.0 Å². The number of piperidine rings is 1. The molecule has 2 saturated heterocycles. The lowest BCUT2D eigenvalue weighted by Gasteiger charge is -2.40. The van der Waals surface area contributed by atoms with Crippen molar-refractivity contribution in [2.75, 3.05) is 32.7 Å². The topological polar surface area (TPSA) is 83.4 Å². The van der Waals surface area contributed by atoms with E-state index in [0.29, 0.717) is 32.7 Å². The number of aromatic nitrogens is 3. The molecule has 2 fully saturated rings. The molecular formula is C19H23FN6O2. The van der Waals surface area contributed by atoms with E-state index in [1.54, 1.807) is 23.2 Å². The highest BCUT2D eigenvalue weighted by molar-refractivity contribution is 5.92. The zero-order valence-corrected chi connectivity index (χ0v) is 15.6. The number of nitrogens with zero attached hydrogens (tertiary/aromatic N) is 5. The van der Waals surface area contributed by atoms with Crippen LogP contribution in [0, 0.1) is 5.82 Å². The molecule has 148 valence electrons. The number of piperazine rings is 1. The fourth-order valence-corrected chi connectivity index (χ4v) is 3.86. The average molecular weight is 386 g/mol. The third-order valence-electron chi connectivity index (χ3n) is 5.24. The van der Waals surface area contributed by atoms with E-state index in [1.807, 2.05) is 4.90 Å². The van der Waals surface area contributed by atoms with Gasteiger partial charge < -0.3 is 15.1 Å². The summed E-state index contributed by atoms with van der Waals surface area (Å²) in [5, 5.41) is 11.1. The number of likely N-dealkylation sites (tertiary alicyclic amines) is 1. The maximum atomic E-state index is 13.3. The fourth-order valence-electron chi connectivity index (χ4n) is 3.86. The van der Waals surface area contributed by atoms with E-state index in [2.05, 4.69) is 15.6 Å². The summed E-state index contributed by atoms with van der Waals surface area (Å²) in [5.74, 6) is -0.403. The van der Waals surface area contributed by atoms with Crippen molar-refractivity contribution in [1.82, 2.24) is 30.1 Å². The average Bonchev–Trinajstić information content (AvgIpc) is 3.16. The van der Waals surface area contributed by atoms with Crippen LogP contribution in [-0.4, -0.2) is 75.4 Å². The van der Waals surface area contributed by atoms with Crippen LogP contribution >= 0.6 is 0 Å². The van der Waals surface area contributed by atoms with Crippen molar-refractivity contribution in [2.45, 2.75) is 25.4 Å². The second kappa shape index (κ2) is 8.05. The summed E-state index contributed by atoms with van der Waals surface area (Å²) in [5.41, 5.74) is 1.02. The molecule has 0 saturated carbocycles.